The van der Waals surface area contributed by atoms with E-state index in [0.29, 0.717) is 18.5 Å². The maximum absolute atomic E-state index is 13.5. The number of rotatable bonds is 6. The zero-order valence-electron chi connectivity index (χ0n) is 20.3. The van der Waals surface area contributed by atoms with Gasteiger partial charge in [-0.25, -0.2) is 4.98 Å². The summed E-state index contributed by atoms with van der Waals surface area (Å²) in [5.41, 5.74) is 6.79. The Balaban J connectivity index is 1.34. The molecule has 0 spiro atoms. The van der Waals surface area contributed by atoms with E-state index in [1.807, 2.05) is 84.0 Å². The summed E-state index contributed by atoms with van der Waals surface area (Å²) < 4.78 is 2.00. The van der Waals surface area contributed by atoms with Crippen LogP contribution in [-0.4, -0.2) is 34.5 Å². The minimum atomic E-state index is -0.0915. The van der Waals surface area contributed by atoms with Gasteiger partial charge >= 0.3 is 0 Å². The smallest absolute Gasteiger partial charge is 0.251 e. The molecule has 6 heteroatoms. The maximum atomic E-state index is 13.5. The van der Waals surface area contributed by atoms with Crippen molar-refractivity contribution in [1.82, 2.24) is 14.9 Å². The molecule has 0 radical (unpaired) electrons. The molecule has 5 rings (SSSR count). The number of nitrogens with one attached hydrogen (secondary N) is 1. The molecule has 0 fully saturated rings. The number of amides is 2. The van der Waals surface area contributed by atoms with Crippen molar-refractivity contribution >= 4 is 28.5 Å². The Morgan fingerprint density at radius 3 is 2.66 bits per heavy atom. The van der Waals surface area contributed by atoms with Gasteiger partial charge in [0, 0.05) is 30.8 Å². The molecule has 1 aliphatic heterocycles. The lowest BCUT2D eigenvalue weighted by Crippen LogP contribution is -2.38. The van der Waals surface area contributed by atoms with Gasteiger partial charge in [0.05, 0.1) is 11.0 Å². The lowest BCUT2D eigenvalue weighted by molar-refractivity contribution is -0.119. The second-order valence-electron chi connectivity index (χ2n) is 9.20. The van der Waals surface area contributed by atoms with Crippen molar-refractivity contribution in [2.24, 2.45) is 0 Å². The largest absolute Gasteiger partial charge is 0.352 e. The van der Waals surface area contributed by atoms with Gasteiger partial charge in [0.25, 0.3) is 5.91 Å². The van der Waals surface area contributed by atoms with Crippen LogP contribution in [0.4, 0.5) is 5.69 Å². The number of imidazole rings is 1. The van der Waals surface area contributed by atoms with Crippen molar-refractivity contribution in [1.29, 1.82) is 0 Å². The van der Waals surface area contributed by atoms with Crippen LogP contribution < -0.4 is 10.2 Å². The normalized spacial score (nSPS) is 13.0. The number of fused-ring (bicyclic) bond motifs is 2. The summed E-state index contributed by atoms with van der Waals surface area (Å²) in [6.07, 6.45) is 2.50. The second kappa shape index (κ2) is 9.74. The van der Waals surface area contributed by atoms with Crippen LogP contribution in [0.2, 0.25) is 0 Å². The Kier molecular flexibility index (Phi) is 6.36. The molecule has 0 atom stereocenters. The minimum absolute atomic E-state index is 0.0564. The van der Waals surface area contributed by atoms with Gasteiger partial charge in [-0.3, -0.25) is 9.59 Å². The van der Waals surface area contributed by atoms with Crippen LogP contribution in [0.25, 0.3) is 11.0 Å². The van der Waals surface area contributed by atoms with E-state index in [4.69, 9.17) is 4.98 Å². The first-order valence-corrected chi connectivity index (χ1v) is 12.2. The number of carbonyl (C=O) groups excluding carboxylic acids is 2. The molecule has 6 nitrogen and oxygen atoms in total. The van der Waals surface area contributed by atoms with Crippen molar-refractivity contribution in [3.8, 4) is 0 Å². The molecule has 178 valence electrons. The molecule has 0 saturated carbocycles. The lowest BCUT2D eigenvalue weighted by Gasteiger charge is -2.29. The Labute approximate surface area is 205 Å². The van der Waals surface area contributed by atoms with Crippen LogP contribution >= 0.6 is 0 Å². The number of carbonyl (C=O) groups is 2. The fourth-order valence-electron chi connectivity index (χ4n) is 4.96. The molecular formula is C29H30N4O2. The van der Waals surface area contributed by atoms with E-state index in [0.717, 1.165) is 53.1 Å². The zero-order chi connectivity index (χ0) is 24.4. The van der Waals surface area contributed by atoms with Crippen molar-refractivity contribution < 1.29 is 9.59 Å². The summed E-state index contributed by atoms with van der Waals surface area (Å²) in [6, 6.07) is 21.9. The monoisotopic (exact) mass is 466 g/mol. The number of hydrogen-bond donors (Lipinski definition) is 1. The topological polar surface area (TPSA) is 67.2 Å². The highest BCUT2D eigenvalue weighted by atomic mass is 16.2. The second-order valence-corrected chi connectivity index (χ2v) is 9.20. The predicted octanol–water partition coefficient (Wildman–Crippen LogP) is 4.61. The average molecular weight is 467 g/mol. The average Bonchev–Trinajstić information content (AvgIpc) is 3.20. The molecular weight excluding hydrogens is 436 g/mol. The van der Waals surface area contributed by atoms with E-state index < -0.39 is 0 Å². The van der Waals surface area contributed by atoms with Crippen LogP contribution in [0.3, 0.4) is 0 Å². The molecule has 2 heterocycles. The Morgan fingerprint density at radius 1 is 1.00 bits per heavy atom. The van der Waals surface area contributed by atoms with Gasteiger partial charge in [-0.1, -0.05) is 48.0 Å². The van der Waals surface area contributed by atoms with Gasteiger partial charge in [0.15, 0.2) is 0 Å². The highest BCUT2D eigenvalue weighted by molar-refractivity contribution is 5.96. The van der Waals surface area contributed by atoms with Crippen LogP contribution in [0.1, 0.15) is 39.3 Å². The minimum Gasteiger partial charge on any atom is -0.352 e. The van der Waals surface area contributed by atoms with E-state index in [2.05, 4.69) is 11.4 Å². The lowest BCUT2D eigenvalue weighted by atomic mass is 10.0. The number of aryl methyl sites for hydroxylation is 3. The SMILES string of the molecule is Cc1ccc(C(=O)NCCc2nc3ccccc3n2CC(=O)N2CCCc3ccccc32)c(C)c1. The molecule has 4 aromatic rings. The van der Waals surface area contributed by atoms with Gasteiger partial charge in [0.2, 0.25) is 5.91 Å². The maximum Gasteiger partial charge on any atom is 0.251 e. The van der Waals surface area contributed by atoms with Crippen molar-refractivity contribution in [3.63, 3.8) is 0 Å². The first-order valence-electron chi connectivity index (χ1n) is 12.2. The van der Waals surface area contributed by atoms with E-state index in [1.54, 1.807) is 0 Å². The van der Waals surface area contributed by atoms with Gasteiger partial charge in [-0.2, -0.15) is 0 Å². The highest BCUT2D eigenvalue weighted by Gasteiger charge is 2.24. The number of benzene rings is 3. The van der Waals surface area contributed by atoms with E-state index in [-0.39, 0.29) is 18.4 Å². The van der Waals surface area contributed by atoms with Gasteiger partial charge in [0.1, 0.15) is 12.4 Å². The molecule has 35 heavy (non-hydrogen) atoms. The summed E-state index contributed by atoms with van der Waals surface area (Å²) in [5, 5.41) is 3.02. The third kappa shape index (κ3) is 4.69. The molecule has 0 bridgehead atoms. The van der Waals surface area contributed by atoms with E-state index >= 15 is 0 Å². The molecule has 0 saturated heterocycles. The van der Waals surface area contributed by atoms with Crippen LogP contribution in [-0.2, 0) is 24.2 Å². The number of aromatic nitrogens is 2. The summed E-state index contributed by atoms with van der Waals surface area (Å²) in [4.78, 5) is 32.9. The summed E-state index contributed by atoms with van der Waals surface area (Å²) in [5.74, 6) is 0.762. The quantitative estimate of drug-likeness (QED) is 0.451. The van der Waals surface area contributed by atoms with Gasteiger partial charge < -0.3 is 14.8 Å². The highest BCUT2D eigenvalue weighted by Crippen LogP contribution is 2.27. The summed E-state index contributed by atoms with van der Waals surface area (Å²) >= 11 is 0. The van der Waals surface area contributed by atoms with Crippen molar-refractivity contribution in [3.05, 3.63) is 94.8 Å². The Hall–Kier alpha value is -3.93. The standard InChI is InChI=1S/C29H30N4O2/c1-20-13-14-23(21(2)18-20)29(35)30-16-15-27-31-24-10-4-6-12-26(24)33(27)19-28(34)32-17-7-9-22-8-3-5-11-25(22)32/h3-6,8,10-14,18H,7,9,15-17,19H2,1-2H3,(H,30,35). The van der Waals surface area contributed by atoms with Crippen LogP contribution in [0.5, 0.6) is 0 Å². The predicted molar refractivity (Wildman–Crippen MR) is 139 cm³/mol. The number of hydrogen-bond acceptors (Lipinski definition) is 3. The molecule has 2 amide bonds. The summed E-state index contributed by atoms with van der Waals surface area (Å²) in [7, 11) is 0. The first kappa shape index (κ1) is 22.8. The third-order valence-electron chi connectivity index (χ3n) is 6.70. The molecule has 1 N–H and O–H groups in total. The van der Waals surface area contributed by atoms with Gasteiger partial charge in [-0.15, -0.1) is 0 Å². The molecule has 1 aliphatic rings. The van der Waals surface area contributed by atoms with Crippen LogP contribution in [0.15, 0.2) is 66.7 Å². The first-order chi connectivity index (χ1) is 17.0. The molecule has 0 unspecified atom stereocenters. The number of anilines is 1. The van der Waals surface area contributed by atoms with Crippen molar-refractivity contribution in [2.45, 2.75) is 39.7 Å². The molecule has 0 aliphatic carbocycles. The fourth-order valence-corrected chi connectivity index (χ4v) is 4.96. The van der Waals surface area contributed by atoms with E-state index in [1.165, 1.54) is 5.56 Å². The third-order valence-corrected chi connectivity index (χ3v) is 6.70. The zero-order valence-corrected chi connectivity index (χ0v) is 20.3. The molecule has 3 aromatic carbocycles. The number of nitrogens with zero attached hydrogens (tertiary/aromatic N) is 3. The fraction of sp³-hybridized carbons (Fsp3) is 0.276. The Morgan fingerprint density at radius 2 is 1.80 bits per heavy atom. The van der Waals surface area contributed by atoms with Crippen molar-refractivity contribution in [2.75, 3.05) is 18.0 Å². The number of para-hydroxylation sites is 3. The van der Waals surface area contributed by atoms with Crippen LogP contribution in [0, 0.1) is 13.8 Å². The summed E-state index contributed by atoms with van der Waals surface area (Å²) in [6.45, 7) is 5.35. The van der Waals surface area contributed by atoms with E-state index in [9.17, 15) is 9.59 Å². The van der Waals surface area contributed by atoms with Gasteiger partial charge in [-0.05, 0) is 62.1 Å². The molecule has 1 aromatic heterocycles. The Bertz CT molecular complexity index is 1410.